The highest BCUT2D eigenvalue weighted by Crippen LogP contribution is 3.09. The fourth-order valence-corrected chi connectivity index (χ4v) is 6.48. The van der Waals surface area contributed by atoms with Gasteiger partial charge < -0.3 is 20.4 Å². The highest BCUT2D eigenvalue weighted by molar-refractivity contribution is 9.37. The Morgan fingerprint density at radius 1 is 0.750 bits per heavy atom. The van der Waals surface area contributed by atoms with Crippen LogP contribution in [-0.4, -0.2) is 50.7 Å². The molecule has 0 aromatic heterocycles. The number of hydrogen-bond donors (Lipinski definition) is 6. The van der Waals surface area contributed by atoms with Crippen molar-refractivity contribution in [3.8, 4) is 0 Å². The summed E-state index contributed by atoms with van der Waals surface area (Å²) in [5, 5.41) is 29.5. The van der Waals surface area contributed by atoms with Crippen molar-refractivity contribution in [1.29, 1.82) is 0 Å². The van der Waals surface area contributed by atoms with Crippen LogP contribution in [0.3, 0.4) is 0 Å². The molecule has 6 N–H and O–H groups in total. The van der Waals surface area contributed by atoms with Crippen molar-refractivity contribution in [2.45, 2.75) is 0 Å². The van der Waals surface area contributed by atoms with E-state index in [9.17, 15) is 28.3 Å². The molecule has 0 radical (unpaired) electrons. The first-order valence-corrected chi connectivity index (χ1v) is 8.26. The van der Waals surface area contributed by atoms with E-state index in [0.29, 0.717) is 0 Å². The molecule has 0 unspecified atom stereocenters. The van der Waals surface area contributed by atoms with Gasteiger partial charge in [-0.1, -0.05) is 4.33 Å². The summed E-state index contributed by atoms with van der Waals surface area (Å²) in [6.45, 7) is 0. The Kier molecular flexibility index (Phi) is 3.04. The lowest BCUT2D eigenvalue weighted by Gasteiger charge is -2.64. The van der Waals surface area contributed by atoms with Gasteiger partial charge in [-0.2, -0.15) is 0 Å². The summed E-state index contributed by atoms with van der Waals surface area (Å²) in [6.07, 6.45) is 0. The molecule has 20 heavy (non-hydrogen) atoms. The number of carbonyl (C=O) groups is 4. The van der Waals surface area contributed by atoms with Crippen LogP contribution < -0.4 is 0 Å². The second kappa shape index (κ2) is 3.71. The lowest BCUT2D eigenvalue weighted by molar-refractivity contribution is -0.581. The molecule has 1 fully saturated rings. The second-order valence-corrected chi connectivity index (χ2v) is 12.1. The fraction of sp³-hybridized carbons (Fsp3) is 0. The molecule has 0 saturated carbocycles. The van der Waals surface area contributed by atoms with E-state index in [4.69, 9.17) is 20.4 Å². The summed E-state index contributed by atoms with van der Waals surface area (Å²) < 4.78 is 25.9. The zero-order valence-electron chi connectivity index (χ0n) is 8.77. The molecule has 0 amide bonds. The lowest BCUT2D eigenvalue weighted by Crippen LogP contribution is -2.64. The van der Waals surface area contributed by atoms with Gasteiger partial charge in [-0.05, 0) is 10.1 Å². The van der Waals surface area contributed by atoms with Gasteiger partial charge in [0, 0.05) is 0 Å². The third-order valence-corrected chi connectivity index (χ3v) is 12.6. The van der Waals surface area contributed by atoms with E-state index in [2.05, 4.69) is 18.7 Å². The zero-order valence-corrected chi connectivity index (χ0v) is 10.4. The van der Waals surface area contributed by atoms with Gasteiger partial charge in [0.05, 0.1) is 0 Å². The van der Waals surface area contributed by atoms with Crippen molar-refractivity contribution in [3.63, 3.8) is 0 Å². The molecule has 1 saturated heterocycles. The van der Waals surface area contributed by atoms with E-state index in [1.54, 1.807) is 0 Å². The third-order valence-electron chi connectivity index (χ3n) is 2.48. The minimum atomic E-state index is -8.50. The molecular weight excluding hydrogens is 336 g/mol. The van der Waals surface area contributed by atoms with E-state index in [-0.39, 0.29) is 0 Å². The predicted octanol–water partition coefficient (Wildman–Crippen LogP) is 1.90. The molecule has 14 nitrogen and oxygen atoms in total. The quantitative estimate of drug-likeness (QED) is 0.273. The Morgan fingerprint density at radius 2 is 1.10 bits per heavy atom. The van der Waals surface area contributed by atoms with E-state index in [0.717, 1.165) is 0 Å². The first kappa shape index (κ1) is 16.4. The van der Waals surface area contributed by atoms with Gasteiger partial charge >= 0.3 is 21.2 Å². The third kappa shape index (κ3) is 0.929. The average molecular weight is 342 g/mol. The molecule has 0 atom stereocenters. The smallest absolute Gasteiger partial charge is 0.396 e. The first-order valence-electron chi connectivity index (χ1n) is 3.89. The Hall–Kier alpha value is -1.66. The highest BCUT2D eigenvalue weighted by Gasteiger charge is 3.02. The lowest BCUT2D eigenvalue weighted by atomic mass is 11.5. The van der Waals surface area contributed by atoms with Crippen LogP contribution >= 0.6 is 17.5 Å². The summed E-state index contributed by atoms with van der Waals surface area (Å²) >= 11 is 0. The van der Waals surface area contributed by atoms with Crippen LogP contribution in [0.4, 0.5) is 19.2 Å². The SMILES string of the molecule is O=C(O)S1(C(=O)O)(C(=O)O)(C(=O)O)OOOOS1(O)O. The summed E-state index contributed by atoms with van der Waals surface area (Å²) in [7, 11) is -14.6. The van der Waals surface area contributed by atoms with Crippen LogP contribution in [0.1, 0.15) is 0 Å². The minimum absolute atomic E-state index is 3.26. The Balaban J connectivity index is 4.31. The van der Waals surface area contributed by atoms with E-state index in [1.807, 2.05) is 0 Å². The molecule has 0 aliphatic carbocycles. The maximum atomic E-state index is 11.3. The van der Waals surface area contributed by atoms with Crippen molar-refractivity contribution in [2.24, 2.45) is 0 Å². The highest BCUT2D eigenvalue weighted by atomic mass is 33.3. The monoisotopic (exact) mass is 342 g/mol. The van der Waals surface area contributed by atoms with Gasteiger partial charge in [0.2, 0.25) is 17.5 Å². The van der Waals surface area contributed by atoms with Gasteiger partial charge in [-0.3, -0.25) is 9.11 Å². The van der Waals surface area contributed by atoms with Gasteiger partial charge in [0.25, 0.3) is 0 Å². The van der Waals surface area contributed by atoms with Crippen LogP contribution in [0.2, 0.25) is 0 Å². The van der Waals surface area contributed by atoms with Gasteiger partial charge in [0.15, 0.2) is 0 Å². The molecule has 118 valence electrons. The standard InChI is InChI=1S/C4H6O14S2/c5-1(6)20(2(7)8,3(9)10,4(11)12)18-16-15-17-19(20,13)14/h13-14H,(H,5,6)(H,7,8)(H,9,10)(H,11,12). The van der Waals surface area contributed by atoms with Crippen molar-refractivity contribution < 1.29 is 67.5 Å². The first-order chi connectivity index (χ1) is 8.91. The minimum Gasteiger partial charge on any atom is -0.472 e. The number of rotatable bonds is 0. The topological polar surface area (TPSA) is 227 Å². The van der Waals surface area contributed by atoms with Crippen LogP contribution in [0.15, 0.2) is 0 Å². The van der Waals surface area contributed by atoms with Crippen LogP contribution in [0.5, 0.6) is 0 Å². The van der Waals surface area contributed by atoms with E-state index in [1.165, 1.54) is 0 Å². The largest absolute Gasteiger partial charge is 0.472 e. The fourth-order valence-electron chi connectivity index (χ4n) is 1.16. The Morgan fingerprint density at radius 3 is 1.30 bits per heavy atom. The molecular formula is C4H6O14S2. The Bertz CT molecular complexity index is 474. The molecule has 1 rings (SSSR count). The van der Waals surface area contributed by atoms with Crippen LogP contribution in [0, 0.1) is 0 Å². The molecule has 16 heteroatoms. The van der Waals surface area contributed by atoms with Crippen molar-refractivity contribution in [2.75, 3.05) is 0 Å². The molecule has 1 aliphatic rings. The molecule has 1 heterocycles. The summed E-state index contributed by atoms with van der Waals surface area (Å²) in [5.74, 6) is 0. The van der Waals surface area contributed by atoms with Gasteiger partial charge in [-0.25, -0.2) is 19.2 Å². The summed E-state index contributed by atoms with van der Waals surface area (Å²) in [5.41, 5.74) is 0. The van der Waals surface area contributed by atoms with Crippen molar-refractivity contribution in [3.05, 3.63) is 0 Å². The van der Waals surface area contributed by atoms with Gasteiger partial charge in [-0.15, -0.1) is 4.33 Å². The maximum absolute atomic E-state index is 11.3. The maximum Gasteiger partial charge on any atom is 0.396 e. The molecule has 0 bridgehead atoms. The van der Waals surface area contributed by atoms with Crippen molar-refractivity contribution in [1.82, 2.24) is 0 Å². The second-order valence-electron chi connectivity index (χ2n) is 3.13. The molecule has 0 aromatic rings. The average Bonchev–Trinajstić information content (AvgIpc) is 2.27. The van der Waals surface area contributed by atoms with Crippen LogP contribution in [0.25, 0.3) is 0 Å². The molecule has 0 spiro atoms. The van der Waals surface area contributed by atoms with E-state index >= 15 is 0 Å². The van der Waals surface area contributed by atoms with Gasteiger partial charge in [0.1, 0.15) is 0 Å². The number of hydrogen-bond acceptors (Lipinski definition) is 10. The predicted molar refractivity (Wildman–Crippen MR) is 56.9 cm³/mol. The number of carboxylic acid groups (broad SMARTS) is 4. The summed E-state index contributed by atoms with van der Waals surface area (Å²) in [6, 6.07) is 0. The van der Waals surface area contributed by atoms with E-state index < -0.39 is 38.7 Å². The Labute approximate surface area is 107 Å². The molecule has 1 aliphatic heterocycles. The zero-order chi connectivity index (χ0) is 16.0. The van der Waals surface area contributed by atoms with Crippen LogP contribution in [-0.2, 0) is 18.7 Å². The molecule has 0 aromatic carbocycles. The normalized spacial score (nSPS) is 30.3. The summed E-state index contributed by atoms with van der Waals surface area (Å²) in [4.78, 5) is 45.3. The van der Waals surface area contributed by atoms with Crippen molar-refractivity contribution >= 4 is 38.7 Å².